The van der Waals surface area contributed by atoms with Gasteiger partial charge in [-0.15, -0.1) is 0 Å². The molecule has 0 amide bonds. The number of sulfone groups is 1. The maximum atomic E-state index is 12.0. The molecule has 0 aliphatic carbocycles. The van der Waals surface area contributed by atoms with Gasteiger partial charge >= 0.3 is 5.97 Å². The van der Waals surface area contributed by atoms with Crippen LogP contribution in [0.5, 0.6) is 0 Å². The van der Waals surface area contributed by atoms with Gasteiger partial charge in [0, 0.05) is 13.0 Å². The van der Waals surface area contributed by atoms with E-state index >= 15 is 0 Å². The zero-order valence-electron chi connectivity index (χ0n) is 12.1. The fraction of sp³-hybridized carbons (Fsp3) is 0.917. The van der Waals surface area contributed by atoms with Gasteiger partial charge in [0.25, 0.3) is 0 Å². The summed E-state index contributed by atoms with van der Waals surface area (Å²) in [6.07, 6.45) is 1.45. The van der Waals surface area contributed by atoms with Crippen LogP contribution in [0.3, 0.4) is 0 Å². The smallest absolute Gasteiger partial charge is 0.303 e. The van der Waals surface area contributed by atoms with Crippen LogP contribution in [0.2, 0.25) is 0 Å². The van der Waals surface area contributed by atoms with Gasteiger partial charge in [-0.25, -0.2) is 21.6 Å². The predicted molar refractivity (Wildman–Crippen MR) is 79.2 cm³/mol. The summed E-state index contributed by atoms with van der Waals surface area (Å²) in [5.41, 5.74) is 0. The van der Waals surface area contributed by atoms with Gasteiger partial charge in [-0.3, -0.25) is 4.79 Å². The molecule has 21 heavy (non-hydrogen) atoms. The third-order valence-electron chi connectivity index (χ3n) is 3.73. The number of aliphatic carboxylic acids is 1. The van der Waals surface area contributed by atoms with Crippen molar-refractivity contribution in [2.75, 3.05) is 18.1 Å². The molecule has 1 atom stereocenters. The molecule has 2 N–H and O–H groups in total. The number of hydrogen-bond donors (Lipinski definition) is 2. The number of carboxylic acids is 1. The van der Waals surface area contributed by atoms with E-state index in [0.29, 0.717) is 12.8 Å². The molecule has 7 nitrogen and oxygen atoms in total. The van der Waals surface area contributed by atoms with Crippen molar-refractivity contribution in [1.82, 2.24) is 4.72 Å². The first-order chi connectivity index (χ1) is 9.62. The van der Waals surface area contributed by atoms with Crippen molar-refractivity contribution in [3.05, 3.63) is 0 Å². The second kappa shape index (κ2) is 7.55. The molecule has 0 saturated carbocycles. The lowest BCUT2D eigenvalue weighted by Crippen LogP contribution is -2.40. The van der Waals surface area contributed by atoms with Crippen molar-refractivity contribution < 1.29 is 26.7 Å². The average Bonchev–Trinajstić information content (AvgIpc) is 2.35. The topological polar surface area (TPSA) is 118 Å². The zero-order chi connectivity index (χ0) is 16.1. The minimum atomic E-state index is -3.49. The molecular formula is C12H23NO6S2. The van der Waals surface area contributed by atoms with Gasteiger partial charge in [0.1, 0.15) is 9.84 Å². The predicted octanol–water partition coefficient (Wildman–Crippen LogP) is 0.374. The van der Waals surface area contributed by atoms with Gasteiger partial charge in [0.2, 0.25) is 10.0 Å². The number of rotatable bonds is 8. The molecule has 0 aromatic carbocycles. The highest BCUT2D eigenvalue weighted by atomic mass is 32.2. The number of nitrogens with one attached hydrogen (secondary N) is 1. The maximum Gasteiger partial charge on any atom is 0.303 e. The summed E-state index contributed by atoms with van der Waals surface area (Å²) < 4.78 is 49.2. The van der Waals surface area contributed by atoms with Crippen LogP contribution in [0, 0.1) is 5.92 Å². The van der Waals surface area contributed by atoms with Crippen LogP contribution >= 0.6 is 0 Å². The van der Waals surface area contributed by atoms with Gasteiger partial charge in [-0.2, -0.15) is 0 Å². The molecule has 0 radical (unpaired) electrons. The highest BCUT2D eigenvalue weighted by molar-refractivity contribution is 7.92. The first-order valence-electron chi connectivity index (χ1n) is 7.03. The Hall–Kier alpha value is -0.670. The van der Waals surface area contributed by atoms with Crippen LogP contribution in [0.4, 0.5) is 0 Å². The monoisotopic (exact) mass is 341 g/mol. The summed E-state index contributed by atoms with van der Waals surface area (Å²) in [7, 11) is -6.56. The van der Waals surface area contributed by atoms with Gasteiger partial charge < -0.3 is 5.11 Å². The second-order valence-electron chi connectivity index (χ2n) is 5.62. The minimum Gasteiger partial charge on any atom is -0.481 e. The van der Waals surface area contributed by atoms with Crippen LogP contribution in [-0.4, -0.2) is 51.2 Å². The molecule has 0 aromatic rings. The van der Waals surface area contributed by atoms with E-state index in [9.17, 15) is 21.6 Å². The Morgan fingerprint density at radius 2 is 1.86 bits per heavy atom. The van der Waals surface area contributed by atoms with Gasteiger partial charge in [-0.05, 0) is 31.6 Å². The molecule has 1 unspecified atom stereocenters. The van der Waals surface area contributed by atoms with Gasteiger partial charge in [0.15, 0.2) is 0 Å². The van der Waals surface area contributed by atoms with Gasteiger partial charge in [0.05, 0.1) is 16.8 Å². The first-order valence-corrected chi connectivity index (χ1v) is 10.4. The molecular weight excluding hydrogens is 318 g/mol. The fourth-order valence-electron chi connectivity index (χ4n) is 2.26. The van der Waals surface area contributed by atoms with Crippen molar-refractivity contribution in [2.24, 2.45) is 5.92 Å². The van der Waals surface area contributed by atoms with Crippen LogP contribution in [0.15, 0.2) is 0 Å². The van der Waals surface area contributed by atoms with Gasteiger partial charge in [-0.1, -0.05) is 6.92 Å². The average molecular weight is 341 g/mol. The molecule has 1 aliphatic heterocycles. The lowest BCUT2D eigenvalue weighted by molar-refractivity contribution is -0.137. The summed E-state index contributed by atoms with van der Waals surface area (Å²) in [5.74, 6) is -0.886. The molecule has 0 spiro atoms. The van der Waals surface area contributed by atoms with Crippen molar-refractivity contribution in [1.29, 1.82) is 0 Å². The first kappa shape index (κ1) is 18.4. The Kier molecular flexibility index (Phi) is 6.61. The Labute approximate surface area is 126 Å². The fourth-order valence-corrected chi connectivity index (χ4v) is 5.54. The molecule has 1 aliphatic rings. The largest absolute Gasteiger partial charge is 0.481 e. The van der Waals surface area contributed by atoms with E-state index in [-0.39, 0.29) is 43.2 Å². The number of carbonyl (C=O) groups is 1. The highest BCUT2D eigenvalue weighted by Gasteiger charge is 2.32. The van der Waals surface area contributed by atoms with Crippen LogP contribution in [0.25, 0.3) is 0 Å². The highest BCUT2D eigenvalue weighted by Crippen LogP contribution is 2.19. The zero-order valence-corrected chi connectivity index (χ0v) is 13.7. The van der Waals surface area contributed by atoms with E-state index in [1.54, 1.807) is 0 Å². The number of hydrogen-bond acceptors (Lipinski definition) is 5. The van der Waals surface area contributed by atoms with Crippen molar-refractivity contribution in [3.63, 3.8) is 0 Å². The standard InChI is InChI=1S/C12H23NO6S2/c1-10(2-3-12(14)15)4-7-13-21(18,19)11-5-8-20(16,17)9-6-11/h10-11,13H,2-9H2,1H3,(H,14,15). The molecule has 1 fully saturated rings. The van der Waals surface area contributed by atoms with Crippen molar-refractivity contribution in [2.45, 2.75) is 44.3 Å². The lowest BCUT2D eigenvalue weighted by Gasteiger charge is -2.22. The Morgan fingerprint density at radius 3 is 2.38 bits per heavy atom. The quantitative estimate of drug-likeness (QED) is 0.659. The van der Waals surface area contributed by atoms with Crippen LogP contribution in [-0.2, 0) is 24.7 Å². The minimum absolute atomic E-state index is 0.0758. The van der Waals surface area contributed by atoms with E-state index < -0.39 is 31.1 Å². The normalized spacial score (nSPS) is 21.0. The van der Waals surface area contributed by atoms with E-state index in [1.807, 2.05) is 6.92 Å². The summed E-state index contributed by atoms with van der Waals surface area (Å²) in [5, 5.41) is 7.93. The van der Waals surface area contributed by atoms with Crippen LogP contribution in [0.1, 0.15) is 39.0 Å². The van der Waals surface area contributed by atoms with Crippen molar-refractivity contribution in [3.8, 4) is 0 Å². The Morgan fingerprint density at radius 1 is 1.29 bits per heavy atom. The summed E-state index contributed by atoms with van der Waals surface area (Å²) >= 11 is 0. The second-order valence-corrected chi connectivity index (χ2v) is 9.97. The van der Waals surface area contributed by atoms with Crippen LogP contribution < -0.4 is 4.72 Å². The number of sulfonamides is 1. The van der Waals surface area contributed by atoms with E-state index in [1.165, 1.54) is 0 Å². The molecule has 1 heterocycles. The van der Waals surface area contributed by atoms with Crippen molar-refractivity contribution >= 4 is 25.8 Å². The molecule has 9 heteroatoms. The molecule has 124 valence electrons. The maximum absolute atomic E-state index is 12.0. The third kappa shape index (κ3) is 6.75. The lowest BCUT2D eigenvalue weighted by atomic mass is 10.0. The summed E-state index contributed by atoms with van der Waals surface area (Å²) in [6, 6.07) is 0. The summed E-state index contributed by atoms with van der Waals surface area (Å²) in [6.45, 7) is 2.14. The number of carboxylic acid groups (broad SMARTS) is 1. The van der Waals surface area contributed by atoms with E-state index in [0.717, 1.165) is 0 Å². The molecule has 1 saturated heterocycles. The molecule has 1 rings (SSSR count). The van der Waals surface area contributed by atoms with E-state index in [2.05, 4.69) is 4.72 Å². The summed E-state index contributed by atoms with van der Waals surface area (Å²) in [4.78, 5) is 10.4. The van der Waals surface area contributed by atoms with E-state index in [4.69, 9.17) is 5.11 Å². The molecule has 0 aromatic heterocycles. The Balaban J connectivity index is 2.35. The Bertz CT molecular complexity index is 540. The third-order valence-corrected chi connectivity index (χ3v) is 7.40. The molecule has 0 bridgehead atoms. The SMILES string of the molecule is CC(CCNS(=O)(=O)C1CCS(=O)(=O)CC1)CCC(=O)O.